The van der Waals surface area contributed by atoms with Crippen LogP contribution in [0.2, 0.25) is 0 Å². The highest BCUT2D eigenvalue weighted by Gasteiger charge is 2.38. The fraction of sp³-hybridized carbons (Fsp3) is 0.611. The summed E-state index contributed by atoms with van der Waals surface area (Å²) in [5.74, 6) is 0. The molecule has 0 atom stereocenters. The zero-order chi connectivity index (χ0) is 18.3. The summed E-state index contributed by atoms with van der Waals surface area (Å²) in [6, 6.07) is 6.01. The molecule has 0 N–H and O–H groups in total. The summed E-state index contributed by atoms with van der Waals surface area (Å²) in [6.07, 6.45) is 0. The van der Waals surface area contributed by atoms with Gasteiger partial charge in [-0.25, -0.2) is 4.79 Å². The molecule has 1 aromatic heterocycles. The molecule has 2 aromatic rings. The van der Waals surface area contributed by atoms with Crippen molar-refractivity contribution >= 4 is 23.6 Å². The highest BCUT2D eigenvalue weighted by Crippen LogP contribution is 2.20. The van der Waals surface area contributed by atoms with Gasteiger partial charge in [-0.3, -0.25) is 14.0 Å². The van der Waals surface area contributed by atoms with E-state index in [-0.39, 0.29) is 18.4 Å². The summed E-state index contributed by atoms with van der Waals surface area (Å²) < 4.78 is 20.7. The molecule has 2 aliphatic heterocycles. The lowest BCUT2D eigenvalue weighted by molar-refractivity contribution is 0.0364. The zero-order valence-electron chi connectivity index (χ0n) is 15.7. The molecule has 7 nitrogen and oxygen atoms in total. The van der Waals surface area contributed by atoms with Crippen molar-refractivity contribution in [2.24, 2.45) is 7.05 Å². The van der Waals surface area contributed by atoms with Crippen molar-refractivity contribution in [3.63, 3.8) is 0 Å². The summed E-state index contributed by atoms with van der Waals surface area (Å²) in [4.78, 5) is 15.1. The average Bonchev–Trinajstić information content (AvgIpc) is 3.12. The molecular weight excluding hydrogens is 333 g/mol. The predicted octanol–water partition coefficient (Wildman–Crippen LogP) is 0.193. The van der Waals surface area contributed by atoms with Gasteiger partial charge in [-0.2, -0.15) is 0 Å². The molecule has 3 heterocycles. The molecule has 0 amide bonds. The lowest BCUT2D eigenvalue weighted by Crippen LogP contribution is -2.39. The van der Waals surface area contributed by atoms with E-state index in [0.29, 0.717) is 13.2 Å². The number of morpholine rings is 1. The van der Waals surface area contributed by atoms with E-state index in [1.54, 1.807) is 4.57 Å². The highest BCUT2D eigenvalue weighted by atomic mass is 16.7. The molecule has 4 rings (SSSR count). The minimum Gasteiger partial charge on any atom is -0.404 e. The Balaban J connectivity index is 1.59. The van der Waals surface area contributed by atoms with Crippen molar-refractivity contribution in [1.82, 2.24) is 14.0 Å². The first kappa shape index (κ1) is 17.8. The number of nitrogens with zero attached hydrogens (tertiary/aromatic N) is 3. The molecular formula is C18H26BN3O4. The van der Waals surface area contributed by atoms with Gasteiger partial charge in [-0.05, 0) is 31.4 Å². The number of fused-ring (bicyclic) bond motifs is 1. The van der Waals surface area contributed by atoms with Crippen LogP contribution in [0.3, 0.4) is 0 Å². The third-order valence-electron chi connectivity index (χ3n) is 5.19. The first-order valence-corrected chi connectivity index (χ1v) is 9.23. The second kappa shape index (κ2) is 6.85. The molecule has 0 spiro atoms. The number of imidazole rings is 1. The van der Waals surface area contributed by atoms with Gasteiger partial charge in [0.25, 0.3) is 0 Å². The minimum absolute atomic E-state index is 0.0130. The molecule has 0 radical (unpaired) electrons. The highest BCUT2D eigenvalue weighted by molar-refractivity contribution is 6.62. The number of aromatic nitrogens is 2. The molecule has 0 aliphatic carbocycles. The summed E-state index contributed by atoms with van der Waals surface area (Å²) in [5.41, 5.74) is 2.54. The van der Waals surface area contributed by atoms with Crippen LogP contribution in [0.25, 0.3) is 11.0 Å². The van der Waals surface area contributed by atoms with Crippen molar-refractivity contribution in [3.8, 4) is 0 Å². The first-order valence-electron chi connectivity index (χ1n) is 9.23. The van der Waals surface area contributed by atoms with Gasteiger partial charge in [0.05, 0.1) is 36.5 Å². The Morgan fingerprint density at radius 2 is 1.92 bits per heavy atom. The SMILES string of the molecule is Cn1c(=O)n(CCN2CCOCC2)c2ccc(B3OCC(C)(C)O3)cc21. The molecule has 0 saturated carbocycles. The summed E-state index contributed by atoms with van der Waals surface area (Å²) in [6.45, 7) is 9.52. The number of hydrogen-bond donors (Lipinski definition) is 0. The molecule has 2 aliphatic rings. The molecule has 0 unspecified atom stereocenters. The monoisotopic (exact) mass is 359 g/mol. The average molecular weight is 359 g/mol. The number of benzene rings is 1. The molecule has 8 heteroatoms. The normalized spacial score (nSPS) is 21.0. The molecule has 26 heavy (non-hydrogen) atoms. The van der Waals surface area contributed by atoms with E-state index < -0.39 is 0 Å². The quantitative estimate of drug-likeness (QED) is 0.730. The second-order valence-corrected chi connectivity index (χ2v) is 7.72. The topological polar surface area (TPSA) is 57.9 Å². The second-order valence-electron chi connectivity index (χ2n) is 7.72. The van der Waals surface area contributed by atoms with Crippen molar-refractivity contribution in [2.75, 3.05) is 39.5 Å². The van der Waals surface area contributed by atoms with Crippen LogP contribution in [0.4, 0.5) is 0 Å². The Hall–Kier alpha value is -1.61. The largest absolute Gasteiger partial charge is 0.494 e. The van der Waals surface area contributed by atoms with E-state index in [0.717, 1.165) is 49.3 Å². The Labute approximate surface area is 153 Å². The van der Waals surface area contributed by atoms with Crippen LogP contribution in [-0.2, 0) is 27.6 Å². The van der Waals surface area contributed by atoms with Gasteiger partial charge in [0.1, 0.15) is 0 Å². The van der Waals surface area contributed by atoms with E-state index in [9.17, 15) is 4.79 Å². The number of ether oxygens (including phenoxy) is 1. The molecule has 0 bridgehead atoms. The van der Waals surface area contributed by atoms with Gasteiger partial charge in [-0.15, -0.1) is 0 Å². The molecule has 2 saturated heterocycles. The number of aryl methyl sites for hydroxylation is 1. The van der Waals surface area contributed by atoms with Gasteiger partial charge >= 0.3 is 12.8 Å². The third-order valence-corrected chi connectivity index (χ3v) is 5.19. The van der Waals surface area contributed by atoms with Crippen LogP contribution in [0.15, 0.2) is 23.0 Å². The molecule has 1 aromatic carbocycles. The van der Waals surface area contributed by atoms with Gasteiger partial charge in [0, 0.05) is 33.2 Å². The molecule has 2 fully saturated rings. The zero-order valence-corrected chi connectivity index (χ0v) is 15.7. The van der Waals surface area contributed by atoms with Gasteiger partial charge < -0.3 is 14.0 Å². The maximum absolute atomic E-state index is 12.7. The maximum atomic E-state index is 12.7. The Kier molecular flexibility index (Phi) is 4.69. The fourth-order valence-electron chi connectivity index (χ4n) is 3.65. The van der Waals surface area contributed by atoms with E-state index in [1.807, 2.05) is 43.7 Å². The summed E-state index contributed by atoms with van der Waals surface area (Å²) in [5, 5.41) is 0. The molecule has 140 valence electrons. The van der Waals surface area contributed by atoms with E-state index >= 15 is 0 Å². The summed E-state index contributed by atoms with van der Waals surface area (Å²) >= 11 is 0. The van der Waals surface area contributed by atoms with Crippen LogP contribution in [0.5, 0.6) is 0 Å². The van der Waals surface area contributed by atoms with Crippen molar-refractivity contribution in [3.05, 3.63) is 28.7 Å². The summed E-state index contributed by atoms with van der Waals surface area (Å²) in [7, 11) is 1.45. The predicted molar refractivity (Wildman–Crippen MR) is 101 cm³/mol. The van der Waals surface area contributed by atoms with Crippen molar-refractivity contribution in [1.29, 1.82) is 0 Å². The van der Waals surface area contributed by atoms with Gasteiger partial charge in [0.15, 0.2) is 0 Å². The number of hydrogen-bond acceptors (Lipinski definition) is 5. The first-order chi connectivity index (χ1) is 12.4. The standard InChI is InChI=1S/C18H26BN3O4/c1-18(2)13-25-19(26-18)14-4-5-15-16(12-14)20(3)17(23)22(15)7-6-21-8-10-24-11-9-21/h4-5,12H,6-11,13H2,1-3H3. The van der Waals surface area contributed by atoms with E-state index in [2.05, 4.69) is 4.90 Å². The fourth-order valence-corrected chi connectivity index (χ4v) is 3.65. The van der Waals surface area contributed by atoms with Gasteiger partial charge in [-0.1, -0.05) is 6.07 Å². The van der Waals surface area contributed by atoms with E-state index in [4.69, 9.17) is 14.0 Å². The van der Waals surface area contributed by atoms with Gasteiger partial charge in [0.2, 0.25) is 0 Å². The van der Waals surface area contributed by atoms with Crippen molar-refractivity contribution < 1.29 is 14.0 Å². The third kappa shape index (κ3) is 3.34. The van der Waals surface area contributed by atoms with Crippen LogP contribution < -0.4 is 11.2 Å². The lowest BCUT2D eigenvalue weighted by atomic mass is 9.79. The maximum Gasteiger partial charge on any atom is 0.494 e. The van der Waals surface area contributed by atoms with E-state index in [1.165, 1.54) is 0 Å². The van der Waals surface area contributed by atoms with Crippen LogP contribution in [0.1, 0.15) is 13.8 Å². The lowest BCUT2D eigenvalue weighted by Gasteiger charge is -2.26. The Bertz CT molecular complexity index is 854. The van der Waals surface area contributed by atoms with Crippen LogP contribution in [0, 0.1) is 0 Å². The minimum atomic E-state index is -0.374. The Morgan fingerprint density at radius 1 is 1.15 bits per heavy atom. The van der Waals surface area contributed by atoms with Crippen molar-refractivity contribution in [2.45, 2.75) is 26.0 Å². The number of rotatable bonds is 4. The van der Waals surface area contributed by atoms with Crippen LogP contribution in [-0.4, -0.2) is 66.2 Å². The smallest absolute Gasteiger partial charge is 0.404 e. The Morgan fingerprint density at radius 3 is 2.62 bits per heavy atom. The van der Waals surface area contributed by atoms with Crippen LogP contribution >= 0.6 is 0 Å².